The molecule has 1 heterocycles. The normalized spacial score (nSPS) is 10.7. The Morgan fingerprint density at radius 1 is 1.43 bits per heavy atom. The van der Waals surface area contributed by atoms with E-state index in [1.54, 1.807) is 19.1 Å². The lowest BCUT2D eigenvalue weighted by molar-refractivity contribution is 0.0533. The topological polar surface area (TPSA) is 52.3 Å². The summed E-state index contributed by atoms with van der Waals surface area (Å²) in [5.74, 6) is -0.785. The maximum absolute atomic E-state index is 13.7. The first-order valence-electron chi connectivity index (χ1n) is 6.53. The molecule has 1 aromatic heterocycles. The van der Waals surface area contributed by atoms with Crippen LogP contribution in [0.4, 0.5) is 10.1 Å². The van der Waals surface area contributed by atoms with Crippen molar-refractivity contribution in [3.63, 3.8) is 0 Å². The van der Waals surface area contributed by atoms with Gasteiger partial charge in [0.05, 0.1) is 16.8 Å². The number of rotatable bonds is 4. The molecular formula is C15H15BrFNO2S. The summed E-state index contributed by atoms with van der Waals surface area (Å²) in [6.07, 6.45) is 0.653. The first-order valence-corrected chi connectivity index (χ1v) is 8.14. The number of nitrogen functional groups attached to an aromatic ring is 1. The lowest BCUT2D eigenvalue weighted by Gasteiger charge is -2.06. The van der Waals surface area contributed by atoms with Crippen LogP contribution < -0.4 is 5.73 Å². The Balaban J connectivity index is 2.61. The largest absolute Gasteiger partial charge is 0.462 e. The molecule has 2 aromatic rings. The van der Waals surface area contributed by atoms with Gasteiger partial charge in [-0.25, -0.2) is 9.18 Å². The zero-order valence-electron chi connectivity index (χ0n) is 11.7. The maximum atomic E-state index is 13.7. The molecular weight excluding hydrogens is 357 g/mol. The van der Waals surface area contributed by atoms with Crippen molar-refractivity contribution in [2.45, 2.75) is 20.3 Å². The molecule has 0 saturated heterocycles. The van der Waals surface area contributed by atoms with Crippen LogP contribution in [0.5, 0.6) is 0 Å². The van der Waals surface area contributed by atoms with Crippen molar-refractivity contribution in [3.05, 3.63) is 38.9 Å². The Kier molecular flexibility index (Phi) is 5.00. The fraction of sp³-hybridized carbons (Fsp3) is 0.267. The van der Waals surface area contributed by atoms with E-state index in [1.165, 1.54) is 17.4 Å². The van der Waals surface area contributed by atoms with E-state index in [4.69, 9.17) is 10.5 Å². The minimum atomic E-state index is -0.437. The van der Waals surface area contributed by atoms with Crippen molar-refractivity contribution >= 4 is 38.9 Å². The van der Waals surface area contributed by atoms with Crippen molar-refractivity contribution in [2.75, 3.05) is 12.3 Å². The molecule has 112 valence electrons. The van der Waals surface area contributed by atoms with Gasteiger partial charge in [-0.2, -0.15) is 0 Å². The molecule has 0 bridgehead atoms. The molecule has 2 N–H and O–H groups in total. The number of esters is 1. The van der Waals surface area contributed by atoms with Crippen molar-refractivity contribution < 1.29 is 13.9 Å². The summed E-state index contributed by atoms with van der Waals surface area (Å²) in [5, 5.41) is 0. The molecule has 2 rings (SSSR count). The number of hydrogen-bond donors (Lipinski definition) is 1. The van der Waals surface area contributed by atoms with Gasteiger partial charge in [-0.15, -0.1) is 11.3 Å². The van der Waals surface area contributed by atoms with Crippen LogP contribution in [-0.2, 0) is 11.2 Å². The molecule has 21 heavy (non-hydrogen) atoms. The standard InChI is InChI=1S/C15H15BrFNO2S/c1-3-8-12(18)14(15(19)20-4-2)21-13(8)9-6-5-7-10(17)11(9)16/h5-7H,3-4,18H2,1-2H3. The van der Waals surface area contributed by atoms with Crippen molar-refractivity contribution in [2.24, 2.45) is 0 Å². The first-order chi connectivity index (χ1) is 10.0. The van der Waals surface area contributed by atoms with Gasteiger partial charge in [0.2, 0.25) is 0 Å². The average molecular weight is 372 g/mol. The number of halogens is 2. The molecule has 0 amide bonds. The van der Waals surface area contributed by atoms with Gasteiger partial charge in [0.1, 0.15) is 10.7 Å². The van der Waals surface area contributed by atoms with Crippen LogP contribution in [0.1, 0.15) is 29.1 Å². The van der Waals surface area contributed by atoms with Crippen LogP contribution in [0.3, 0.4) is 0 Å². The third-order valence-corrected chi connectivity index (χ3v) is 5.13. The lowest BCUT2D eigenvalue weighted by Crippen LogP contribution is -2.05. The van der Waals surface area contributed by atoms with Crippen LogP contribution in [0.15, 0.2) is 22.7 Å². The third kappa shape index (κ3) is 2.96. The summed E-state index contributed by atoms with van der Waals surface area (Å²) in [7, 11) is 0. The number of hydrogen-bond acceptors (Lipinski definition) is 4. The molecule has 1 aromatic carbocycles. The predicted molar refractivity (Wildman–Crippen MR) is 87.2 cm³/mol. The van der Waals surface area contributed by atoms with Gasteiger partial charge in [-0.1, -0.05) is 19.1 Å². The zero-order valence-corrected chi connectivity index (χ0v) is 14.1. The smallest absolute Gasteiger partial charge is 0.350 e. The SMILES string of the molecule is CCOC(=O)c1sc(-c2cccc(F)c2Br)c(CC)c1N. The van der Waals surface area contributed by atoms with E-state index in [9.17, 15) is 9.18 Å². The van der Waals surface area contributed by atoms with Crippen molar-refractivity contribution in [3.8, 4) is 10.4 Å². The Morgan fingerprint density at radius 3 is 2.76 bits per heavy atom. The molecule has 3 nitrogen and oxygen atoms in total. The van der Waals surface area contributed by atoms with Gasteiger partial charge in [0.25, 0.3) is 0 Å². The summed E-state index contributed by atoms with van der Waals surface area (Å²) in [6.45, 7) is 3.98. The summed E-state index contributed by atoms with van der Waals surface area (Å²) < 4.78 is 19.1. The second kappa shape index (κ2) is 6.58. The van der Waals surface area contributed by atoms with E-state index in [0.29, 0.717) is 27.0 Å². The Morgan fingerprint density at radius 2 is 2.14 bits per heavy atom. The second-order valence-electron chi connectivity index (χ2n) is 4.33. The molecule has 6 heteroatoms. The minimum Gasteiger partial charge on any atom is -0.462 e. The van der Waals surface area contributed by atoms with E-state index < -0.39 is 5.97 Å². The number of carbonyl (C=O) groups is 1. The van der Waals surface area contributed by atoms with Crippen molar-refractivity contribution in [1.29, 1.82) is 0 Å². The lowest BCUT2D eigenvalue weighted by atomic mass is 10.1. The van der Waals surface area contributed by atoms with Gasteiger partial charge in [0, 0.05) is 10.4 Å². The van der Waals surface area contributed by atoms with E-state index in [2.05, 4.69) is 15.9 Å². The fourth-order valence-corrected chi connectivity index (χ4v) is 3.90. The van der Waals surface area contributed by atoms with E-state index in [1.807, 2.05) is 6.92 Å². The van der Waals surface area contributed by atoms with Crippen LogP contribution in [0.2, 0.25) is 0 Å². The van der Waals surface area contributed by atoms with Crippen LogP contribution in [-0.4, -0.2) is 12.6 Å². The summed E-state index contributed by atoms with van der Waals surface area (Å²) in [6, 6.07) is 4.81. The van der Waals surface area contributed by atoms with Crippen molar-refractivity contribution in [1.82, 2.24) is 0 Å². The van der Waals surface area contributed by atoms with E-state index in [0.717, 1.165) is 10.4 Å². The molecule has 0 radical (unpaired) electrons. The number of anilines is 1. The molecule has 0 spiro atoms. The monoisotopic (exact) mass is 371 g/mol. The molecule has 0 saturated carbocycles. The number of benzene rings is 1. The highest BCUT2D eigenvalue weighted by Crippen LogP contribution is 2.42. The first kappa shape index (κ1) is 16.0. The highest BCUT2D eigenvalue weighted by atomic mass is 79.9. The quantitative estimate of drug-likeness (QED) is 0.796. The fourth-order valence-electron chi connectivity index (χ4n) is 2.07. The predicted octanol–water partition coefficient (Wildman–Crippen LogP) is 4.64. The third-order valence-electron chi connectivity index (χ3n) is 3.06. The van der Waals surface area contributed by atoms with Crippen LogP contribution in [0.25, 0.3) is 10.4 Å². The Labute approximate surface area is 135 Å². The zero-order chi connectivity index (χ0) is 15.6. The Hall–Kier alpha value is -1.40. The highest BCUT2D eigenvalue weighted by molar-refractivity contribution is 9.10. The number of thiophene rings is 1. The molecule has 0 aliphatic rings. The average Bonchev–Trinajstić information content (AvgIpc) is 2.79. The molecule has 0 unspecified atom stereocenters. The maximum Gasteiger partial charge on any atom is 0.350 e. The second-order valence-corrected chi connectivity index (χ2v) is 6.14. The van der Waals surface area contributed by atoms with E-state index in [-0.39, 0.29) is 12.4 Å². The number of nitrogens with two attached hydrogens (primary N) is 1. The van der Waals surface area contributed by atoms with Gasteiger partial charge >= 0.3 is 5.97 Å². The van der Waals surface area contributed by atoms with Crippen LogP contribution >= 0.6 is 27.3 Å². The Bertz CT molecular complexity index is 685. The van der Waals surface area contributed by atoms with Crippen LogP contribution in [0, 0.1) is 5.82 Å². The van der Waals surface area contributed by atoms with Gasteiger partial charge in [-0.05, 0) is 40.9 Å². The van der Waals surface area contributed by atoms with Gasteiger partial charge in [0.15, 0.2) is 0 Å². The highest BCUT2D eigenvalue weighted by Gasteiger charge is 2.23. The van der Waals surface area contributed by atoms with E-state index >= 15 is 0 Å². The minimum absolute atomic E-state index is 0.288. The summed E-state index contributed by atoms with van der Waals surface area (Å²) >= 11 is 4.50. The summed E-state index contributed by atoms with van der Waals surface area (Å²) in [4.78, 5) is 13.1. The molecule has 0 aliphatic carbocycles. The molecule has 0 aliphatic heterocycles. The van der Waals surface area contributed by atoms with Gasteiger partial charge < -0.3 is 10.5 Å². The molecule has 0 fully saturated rings. The number of carbonyl (C=O) groups excluding carboxylic acids is 1. The molecule has 0 atom stereocenters. The number of ether oxygens (including phenoxy) is 1. The van der Waals surface area contributed by atoms with Gasteiger partial charge in [-0.3, -0.25) is 0 Å². The summed E-state index contributed by atoms with van der Waals surface area (Å²) in [5.41, 5.74) is 8.03.